The van der Waals surface area contributed by atoms with Crippen molar-refractivity contribution < 1.29 is 13.9 Å². The largest absolute Gasteiger partial charge is 0.379 e. The summed E-state index contributed by atoms with van der Waals surface area (Å²) >= 11 is 0. The van der Waals surface area contributed by atoms with Crippen LogP contribution in [0.25, 0.3) is 10.8 Å². The molecule has 1 N–H and O–H groups in total. The van der Waals surface area contributed by atoms with Crippen LogP contribution in [0.5, 0.6) is 0 Å². The minimum absolute atomic E-state index is 0.0246. The zero-order valence-electron chi connectivity index (χ0n) is 15.6. The minimum atomic E-state index is -0.260. The molecule has 0 aromatic heterocycles. The number of ether oxygens (including phenoxy) is 1. The second-order valence-corrected chi connectivity index (χ2v) is 6.95. The third-order valence-electron chi connectivity index (χ3n) is 5.23. The van der Waals surface area contributed by atoms with Gasteiger partial charge in [0.05, 0.1) is 19.3 Å². The zero-order valence-corrected chi connectivity index (χ0v) is 15.6. The van der Waals surface area contributed by atoms with Crippen LogP contribution in [0.3, 0.4) is 0 Å². The summed E-state index contributed by atoms with van der Waals surface area (Å²) in [6.07, 6.45) is 0. The number of carbonyl (C=O) groups excluding carboxylic acids is 1. The van der Waals surface area contributed by atoms with E-state index in [1.165, 1.54) is 12.1 Å². The summed E-state index contributed by atoms with van der Waals surface area (Å²) in [6.45, 7) is 3.34. The maximum absolute atomic E-state index is 13.4. The summed E-state index contributed by atoms with van der Waals surface area (Å²) in [7, 11) is 0. The minimum Gasteiger partial charge on any atom is -0.379 e. The highest BCUT2D eigenvalue weighted by Gasteiger charge is 2.23. The molecule has 0 radical (unpaired) electrons. The molecule has 4 nitrogen and oxygen atoms in total. The monoisotopic (exact) mass is 378 g/mol. The molecule has 0 saturated carbocycles. The number of morpholine rings is 1. The second-order valence-electron chi connectivity index (χ2n) is 6.95. The maximum Gasteiger partial charge on any atom is 0.251 e. The number of carbonyl (C=O) groups is 1. The van der Waals surface area contributed by atoms with Crippen LogP contribution in [0.1, 0.15) is 22.0 Å². The molecule has 1 aliphatic rings. The molecule has 144 valence electrons. The molecule has 0 spiro atoms. The van der Waals surface area contributed by atoms with Gasteiger partial charge in [-0.1, -0.05) is 48.5 Å². The Hall–Kier alpha value is -2.76. The van der Waals surface area contributed by atoms with Gasteiger partial charge in [0, 0.05) is 25.2 Å². The Morgan fingerprint density at radius 2 is 1.71 bits per heavy atom. The van der Waals surface area contributed by atoms with Gasteiger partial charge >= 0.3 is 0 Å². The van der Waals surface area contributed by atoms with Gasteiger partial charge in [0.1, 0.15) is 5.82 Å². The van der Waals surface area contributed by atoms with E-state index in [0.717, 1.165) is 29.4 Å². The SMILES string of the molecule is O=C(NC[C@@H](c1ccc(F)cc1)N1CCOCC1)c1cccc2ccccc12. The average Bonchev–Trinajstić information content (AvgIpc) is 2.75. The highest BCUT2D eigenvalue weighted by molar-refractivity contribution is 6.07. The number of nitrogens with one attached hydrogen (secondary N) is 1. The number of hydrogen-bond acceptors (Lipinski definition) is 3. The quantitative estimate of drug-likeness (QED) is 0.735. The van der Waals surface area contributed by atoms with Gasteiger partial charge in [0.2, 0.25) is 0 Å². The molecular weight excluding hydrogens is 355 g/mol. The molecular formula is C23H23FN2O2. The first kappa shape index (κ1) is 18.6. The smallest absolute Gasteiger partial charge is 0.251 e. The summed E-state index contributed by atoms with van der Waals surface area (Å²) in [5.41, 5.74) is 1.65. The van der Waals surface area contributed by atoms with Crippen molar-refractivity contribution in [3.8, 4) is 0 Å². The summed E-state index contributed by atoms with van der Waals surface area (Å²) < 4.78 is 18.8. The lowest BCUT2D eigenvalue weighted by molar-refractivity contribution is 0.0162. The Morgan fingerprint density at radius 3 is 2.50 bits per heavy atom. The zero-order chi connectivity index (χ0) is 19.3. The third kappa shape index (κ3) is 4.06. The topological polar surface area (TPSA) is 41.6 Å². The Balaban J connectivity index is 1.54. The van der Waals surface area contributed by atoms with Gasteiger partial charge < -0.3 is 10.1 Å². The van der Waals surface area contributed by atoms with Crippen molar-refractivity contribution in [3.63, 3.8) is 0 Å². The van der Waals surface area contributed by atoms with E-state index in [1.807, 2.05) is 42.5 Å². The van der Waals surface area contributed by atoms with Gasteiger partial charge in [0.25, 0.3) is 5.91 Å². The lowest BCUT2D eigenvalue weighted by Gasteiger charge is -2.35. The lowest BCUT2D eigenvalue weighted by atomic mass is 10.0. The van der Waals surface area contributed by atoms with E-state index < -0.39 is 0 Å². The molecule has 1 heterocycles. The predicted octanol–water partition coefficient (Wildman–Crippen LogP) is 3.78. The molecule has 0 bridgehead atoms. The molecule has 28 heavy (non-hydrogen) atoms. The highest BCUT2D eigenvalue weighted by atomic mass is 19.1. The van der Waals surface area contributed by atoms with Crippen molar-refractivity contribution in [1.82, 2.24) is 10.2 Å². The summed E-state index contributed by atoms with van der Waals surface area (Å²) in [5, 5.41) is 5.06. The third-order valence-corrected chi connectivity index (χ3v) is 5.23. The van der Waals surface area contributed by atoms with Crippen LogP contribution in [0, 0.1) is 5.82 Å². The van der Waals surface area contributed by atoms with E-state index in [0.29, 0.717) is 25.3 Å². The molecule has 0 aliphatic carbocycles. The van der Waals surface area contributed by atoms with E-state index in [9.17, 15) is 9.18 Å². The van der Waals surface area contributed by atoms with Crippen molar-refractivity contribution in [3.05, 3.63) is 83.7 Å². The molecule has 1 fully saturated rings. The number of hydrogen-bond donors (Lipinski definition) is 1. The average molecular weight is 378 g/mol. The normalized spacial score (nSPS) is 16.0. The summed E-state index contributed by atoms with van der Waals surface area (Å²) in [4.78, 5) is 15.2. The van der Waals surface area contributed by atoms with Crippen LogP contribution in [0.2, 0.25) is 0 Å². The number of rotatable bonds is 5. The Bertz CT molecular complexity index is 947. The lowest BCUT2D eigenvalue weighted by Crippen LogP contribution is -2.43. The number of fused-ring (bicyclic) bond motifs is 1. The first-order chi connectivity index (χ1) is 13.7. The van der Waals surface area contributed by atoms with E-state index in [4.69, 9.17) is 4.74 Å². The molecule has 4 rings (SSSR count). The van der Waals surface area contributed by atoms with E-state index in [1.54, 1.807) is 12.1 Å². The van der Waals surface area contributed by atoms with Crippen molar-refractivity contribution in [1.29, 1.82) is 0 Å². The first-order valence-electron chi connectivity index (χ1n) is 9.55. The number of nitrogens with zero attached hydrogens (tertiary/aromatic N) is 1. The Morgan fingerprint density at radius 1 is 1.00 bits per heavy atom. The van der Waals surface area contributed by atoms with Gasteiger partial charge in [-0.05, 0) is 34.5 Å². The molecule has 1 aliphatic heterocycles. The molecule has 1 amide bonds. The molecule has 0 unspecified atom stereocenters. The van der Waals surface area contributed by atoms with Crippen molar-refractivity contribution in [2.75, 3.05) is 32.8 Å². The van der Waals surface area contributed by atoms with Crippen LogP contribution in [0.15, 0.2) is 66.7 Å². The van der Waals surface area contributed by atoms with Gasteiger partial charge in [-0.3, -0.25) is 9.69 Å². The molecule has 5 heteroatoms. The fourth-order valence-electron chi connectivity index (χ4n) is 3.74. The van der Waals surface area contributed by atoms with Crippen molar-refractivity contribution >= 4 is 16.7 Å². The molecule has 3 aromatic rings. The van der Waals surface area contributed by atoms with Crippen LogP contribution >= 0.6 is 0 Å². The highest BCUT2D eigenvalue weighted by Crippen LogP contribution is 2.23. The van der Waals surface area contributed by atoms with E-state index in [2.05, 4.69) is 10.2 Å². The standard InChI is InChI=1S/C23H23FN2O2/c24-19-10-8-18(9-11-19)22(26-12-14-28-15-13-26)16-25-23(27)21-7-3-5-17-4-1-2-6-20(17)21/h1-11,22H,12-16H2,(H,25,27)/t22-/m0/s1. The Labute approximate surface area is 163 Å². The van der Waals surface area contributed by atoms with Crippen LogP contribution in [-0.4, -0.2) is 43.7 Å². The fraction of sp³-hybridized carbons (Fsp3) is 0.261. The molecule has 1 atom stereocenters. The van der Waals surface area contributed by atoms with Gasteiger partial charge in [0.15, 0.2) is 0 Å². The second kappa shape index (κ2) is 8.50. The van der Waals surface area contributed by atoms with Crippen LogP contribution in [-0.2, 0) is 4.74 Å². The van der Waals surface area contributed by atoms with Gasteiger partial charge in [-0.2, -0.15) is 0 Å². The van der Waals surface area contributed by atoms with Crippen molar-refractivity contribution in [2.24, 2.45) is 0 Å². The molecule has 1 saturated heterocycles. The summed E-state index contributed by atoms with van der Waals surface area (Å²) in [6, 6.07) is 20.1. The molecule has 3 aromatic carbocycles. The van der Waals surface area contributed by atoms with E-state index >= 15 is 0 Å². The summed E-state index contributed by atoms with van der Waals surface area (Å²) in [5.74, 6) is -0.360. The number of benzene rings is 3. The van der Waals surface area contributed by atoms with Crippen LogP contribution in [0.4, 0.5) is 4.39 Å². The fourth-order valence-corrected chi connectivity index (χ4v) is 3.74. The Kier molecular flexibility index (Phi) is 5.65. The van der Waals surface area contributed by atoms with Gasteiger partial charge in [-0.15, -0.1) is 0 Å². The first-order valence-corrected chi connectivity index (χ1v) is 9.55. The van der Waals surface area contributed by atoms with Crippen LogP contribution < -0.4 is 5.32 Å². The van der Waals surface area contributed by atoms with Gasteiger partial charge in [-0.25, -0.2) is 4.39 Å². The number of halogens is 1. The van der Waals surface area contributed by atoms with E-state index in [-0.39, 0.29) is 17.8 Å². The number of amides is 1. The predicted molar refractivity (Wildman–Crippen MR) is 108 cm³/mol. The van der Waals surface area contributed by atoms with Crippen molar-refractivity contribution in [2.45, 2.75) is 6.04 Å². The maximum atomic E-state index is 13.4.